The number of benzene rings is 1. The summed E-state index contributed by atoms with van der Waals surface area (Å²) < 4.78 is 18.3. The zero-order chi connectivity index (χ0) is 12.3. The molecule has 0 aromatic heterocycles. The van der Waals surface area contributed by atoms with Gasteiger partial charge in [-0.3, -0.25) is 0 Å². The minimum absolute atomic E-state index is 0.133. The number of hydrogen-bond donors (Lipinski definition) is 2. The molecule has 1 unspecified atom stereocenters. The maximum Gasteiger partial charge on any atom is 0.335 e. The second-order valence-corrected chi connectivity index (χ2v) is 3.71. The van der Waals surface area contributed by atoms with Gasteiger partial charge in [-0.15, -0.1) is 0 Å². The van der Waals surface area contributed by atoms with E-state index < -0.39 is 17.4 Å². The number of aliphatic hydroxyl groups is 1. The number of carboxylic acid groups (broad SMARTS) is 1. The lowest BCUT2D eigenvalue weighted by atomic mass is 9.96. The van der Waals surface area contributed by atoms with Gasteiger partial charge in [0.15, 0.2) is 5.60 Å². The highest BCUT2D eigenvalue weighted by Gasteiger charge is 2.31. The Morgan fingerprint density at radius 3 is 2.62 bits per heavy atom. The molecular formula is C11H13FO4. The number of carboxylic acids is 1. The van der Waals surface area contributed by atoms with Crippen LogP contribution in [0.25, 0.3) is 0 Å². The topological polar surface area (TPSA) is 66.8 Å². The van der Waals surface area contributed by atoms with Crippen LogP contribution in [0.4, 0.5) is 4.39 Å². The Morgan fingerprint density at radius 2 is 2.19 bits per heavy atom. The Morgan fingerprint density at radius 1 is 1.56 bits per heavy atom. The molecule has 0 fully saturated rings. The van der Waals surface area contributed by atoms with Gasteiger partial charge < -0.3 is 14.9 Å². The van der Waals surface area contributed by atoms with E-state index in [9.17, 15) is 14.3 Å². The summed E-state index contributed by atoms with van der Waals surface area (Å²) >= 11 is 0. The average Bonchev–Trinajstić information content (AvgIpc) is 2.20. The average molecular weight is 228 g/mol. The SMILES string of the molecule is COc1ccc(CC(C)(O)C(=O)O)c(F)c1. The van der Waals surface area contributed by atoms with Crippen LogP contribution in [0.2, 0.25) is 0 Å². The van der Waals surface area contributed by atoms with Crippen LogP contribution in [-0.4, -0.2) is 28.9 Å². The molecule has 0 aliphatic carbocycles. The highest BCUT2D eigenvalue weighted by atomic mass is 19.1. The first-order chi connectivity index (χ1) is 7.36. The van der Waals surface area contributed by atoms with Crippen LogP contribution in [0, 0.1) is 5.82 Å². The lowest BCUT2D eigenvalue weighted by Gasteiger charge is -2.18. The molecule has 1 atom stereocenters. The number of rotatable bonds is 4. The summed E-state index contributed by atoms with van der Waals surface area (Å²) in [6.07, 6.45) is -0.293. The molecule has 88 valence electrons. The van der Waals surface area contributed by atoms with Crippen molar-refractivity contribution in [3.05, 3.63) is 29.6 Å². The summed E-state index contributed by atoms with van der Waals surface area (Å²) in [4.78, 5) is 10.7. The van der Waals surface area contributed by atoms with Crippen molar-refractivity contribution in [2.75, 3.05) is 7.11 Å². The van der Waals surface area contributed by atoms with Gasteiger partial charge in [0.2, 0.25) is 0 Å². The first kappa shape index (κ1) is 12.4. The van der Waals surface area contributed by atoms with E-state index in [-0.39, 0.29) is 12.0 Å². The molecule has 5 heteroatoms. The molecule has 2 N–H and O–H groups in total. The van der Waals surface area contributed by atoms with Crippen LogP contribution in [0.5, 0.6) is 5.75 Å². The van der Waals surface area contributed by atoms with E-state index in [0.29, 0.717) is 5.75 Å². The fourth-order valence-electron chi connectivity index (χ4n) is 1.24. The minimum atomic E-state index is -1.98. The predicted molar refractivity (Wildman–Crippen MR) is 54.9 cm³/mol. The van der Waals surface area contributed by atoms with Crippen LogP contribution in [0.15, 0.2) is 18.2 Å². The monoisotopic (exact) mass is 228 g/mol. The Hall–Kier alpha value is -1.62. The molecule has 0 saturated carbocycles. The van der Waals surface area contributed by atoms with E-state index in [4.69, 9.17) is 9.84 Å². The van der Waals surface area contributed by atoms with Gasteiger partial charge in [-0.05, 0) is 18.6 Å². The number of halogens is 1. The minimum Gasteiger partial charge on any atom is -0.497 e. The summed E-state index contributed by atoms with van der Waals surface area (Å²) in [5.74, 6) is -1.64. The van der Waals surface area contributed by atoms with E-state index in [1.807, 2.05) is 0 Å². The number of aliphatic carboxylic acids is 1. The van der Waals surface area contributed by atoms with Crippen LogP contribution < -0.4 is 4.74 Å². The van der Waals surface area contributed by atoms with E-state index in [0.717, 1.165) is 13.0 Å². The maximum atomic E-state index is 13.4. The fraction of sp³-hybridized carbons (Fsp3) is 0.364. The van der Waals surface area contributed by atoms with Gasteiger partial charge in [0.25, 0.3) is 0 Å². The van der Waals surface area contributed by atoms with Crippen molar-refractivity contribution in [1.29, 1.82) is 0 Å². The Bertz CT molecular complexity index is 401. The molecule has 0 aliphatic rings. The molecule has 0 heterocycles. The molecule has 0 aliphatic heterocycles. The van der Waals surface area contributed by atoms with Crippen molar-refractivity contribution >= 4 is 5.97 Å². The first-order valence-corrected chi connectivity index (χ1v) is 4.65. The Kier molecular flexibility index (Phi) is 3.49. The van der Waals surface area contributed by atoms with Gasteiger partial charge in [-0.25, -0.2) is 9.18 Å². The lowest BCUT2D eigenvalue weighted by Crippen LogP contribution is -2.37. The zero-order valence-electron chi connectivity index (χ0n) is 9.03. The van der Waals surface area contributed by atoms with Crippen LogP contribution in [0.1, 0.15) is 12.5 Å². The molecule has 0 bridgehead atoms. The van der Waals surface area contributed by atoms with Gasteiger partial charge >= 0.3 is 5.97 Å². The molecule has 0 radical (unpaired) electrons. The lowest BCUT2D eigenvalue weighted by molar-refractivity contribution is -0.156. The predicted octanol–water partition coefficient (Wildman–Crippen LogP) is 1.21. The number of carbonyl (C=O) groups is 1. The van der Waals surface area contributed by atoms with E-state index >= 15 is 0 Å². The van der Waals surface area contributed by atoms with Crippen molar-refractivity contribution in [3.8, 4) is 5.75 Å². The maximum absolute atomic E-state index is 13.4. The van der Waals surface area contributed by atoms with Crippen molar-refractivity contribution < 1.29 is 24.1 Å². The number of methoxy groups -OCH3 is 1. The second kappa shape index (κ2) is 4.49. The third kappa shape index (κ3) is 2.70. The van der Waals surface area contributed by atoms with Crippen molar-refractivity contribution in [2.45, 2.75) is 18.9 Å². The van der Waals surface area contributed by atoms with Gasteiger partial charge in [0, 0.05) is 12.5 Å². The van der Waals surface area contributed by atoms with Crippen molar-refractivity contribution in [1.82, 2.24) is 0 Å². The number of hydrogen-bond acceptors (Lipinski definition) is 3. The summed E-state index contributed by atoms with van der Waals surface area (Å²) in [6, 6.07) is 4.05. The summed E-state index contributed by atoms with van der Waals surface area (Å²) in [6.45, 7) is 1.12. The van der Waals surface area contributed by atoms with Crippen LogP contribution in [0.3, 0.4) is 0 Å². The quantitative estimate of drug-likeness (QED) is 0.813. The third-order valence-electron chi connectivity index (χ3n) is 2.26. The molecule has 1 aromatic carbocycles. The third-order valence-corrected chi connectivity index (χ3v) is 2.26. The highest BCUT2D eigenvalue weighted by molar-refractivity contribution is 5.77. The van der Waals surface area contributed by atoms with Crippen LogP contribution in [-0.2, 0) is 11.2 Å². The summed E-state index contributed by atoms with van der Waals surface area (Å²) in [5, 5.41) is 18.2. The van der Waals surface area contributed by atoms with Gasteiger partial charge in [-0.2, -0.15) is 0 Å². The molecular weight excluding hydrogens is 215 g/mol. The van der Waals surface area contributed by atoms with Crippen molar-refractivity contribution in [3.63, 3.8) is 0 Å². The van der Waals surface area contributed by atoms with Gasteiger partial charge in [-0.1, -0.05) is 6.07 Å². The number of ether oxygens (including phenoxy) is 1. The van der Waals surface area contributed by atoms with Gasteiger partial charge in [0.05, 0.1) is 7.11 Å². The molecule has 0 spiro atoms. The Labute approximate surface area is 92.3 Å². The molecule has 16 heavy (non-hydrogen) atoms. The normalized spacial score (nSPS) is 14.2. The first-order valence-electron chi connectivity index (χ1n) is 4.65. The zero-order valence-corrected chi connectivity index (χ0v) is 9.03. The van der Waals surface area contributed by atoms with E-state index in [2.05, 4.69) is 0 Å². The smallest absolute Gasteiger partial charge is 0.335 e. The fourth-order valence-corrected chi connectivity index (χ4v) is 1.24. The molecule has 0 saturated heterocycles. The molecule has 1 rings (SSSR count). The standard InChI is InChI=1S/C11H13FO4/c1-11(15,10(13)14)6-7-3-4-8(16-2)5-9(7)12/h3-5,15H,6H2,1-2H3,(H,13,14). The second-order valence-electron chi connectivity index (χ2n) is 3.71. The Balaban J connectivity index is 2.94. The highest BCUT2D eigenvalue weighted by Crippen LogP contribution is 2.20. The van der Waals surface area contributed by atoms with E-state index in [1.165, 1.54) is 19.2 Å². The molecule has 0 amide bonds. The largest absolute Gasteiger partial charge is 0.497 e. The van der Waals surface area contributed by atoms with E-state index in [1.54, 1.807) is 0 Å². The molecule has 4 nitrogen and oxygen atoms in total. The summed E-state index contributed by atoms with van der Waals surface area (Å²) in [5.41, 5.74) is -1.84. The van der Waals surface area contributed by atoms with Gasteiger partial charge in [0.1, 0.15) is 11.6 Å². The van der Waals surface area contributed by atoms with Crippen molar-refractivity contribution in [2.24, 2.45) is 0 Å². The summed E-state index contributed by atoms with van der Waals surface area (Å²) in [7, 11) is 1.40. The van der Waals surface area contributed by atoms with Crippen LogP contribution >= 0.6 is 0 Å². The molecule has 1 aromatic rings.